The van der Waals surface area contributed by atoms with Crippen LogP contribution in [0.1, 0.15) is 23.1 Å². The molecule has 1 aliphatic rings. The number of rotatable bonds is 7. The summed E-state index contributed by atoms with van der Waals surface area (Å²) in [4.78, 5) is 9.45. The van der Waals surface area contributed by atoms with E-state index in [0.717, 1.165) is 61.8 Å². The molecule has 1 saturated heterocycles. The van der Waals surface area contributed by atoms with E-state index in [1.807, 2.05) is 31.5 Å². The lowest BCUT2D eigenvalue weighted by Crippen LogP contribution is -2.52. The zero-order valence-corrected chi connectivity index (χ0v) is 19.9. The van der Waals surface area contributed by atoms with Gasteiger partial charge in [0.15, 0.2) is 11.8 Å². The van der Waals surface area contributed by atoms with Crippen molar-refractivity contribution in [2.24, 2.45) is 12.0 Å². The van der Waals surface area contributed by atoms with Gasteiger partial charge in [0.25, 0.3) is 0 Å². The number of aryl methyl sites for hydroxylation is 2. The van der Waals surface area contributed by atoms with Crippen LogP contribution >= 0.6 is 24.0 Å². The van der Waals surface area contributed by atoms with E-state index in [-0.39, 0.29) is 24.0 Å². The highest BCUT2D eigenvalue weighted by Crippen LogP contribution is 2.10. The van der Waals surface area contributed by atoms with Crippen molar-refractivity contribution in [2.75, 3.05) is 46.4 Å². The molecule has 0 saturated carbocycles. The second-order valence-electron chi connectivity index (χ2n) is 6.97. The van der Waals surface area contributed by atoms with E-state index in [1.54, 1.807) is 7.11 Å². The first-order valence-corrected chi connectivity index (χ1v) is 9.58. The highest BCUT2D eigenvalue weighted by Gasteiger charge is 2.21. The number of ether oxygens (including phenoxy) is 1. The fourth-order valence-electron chi connectivity index (χ4n) is 3.11. The highest BCUT2D eigenvalue weighted by molar-refractivity contribution is 14.0. The van der Waals surface area contributed by atoms with Crippen LogP contribution in [0, 0.1) is 13.8 Å². The second kappa shape index (κ2) is 11.5. The average Bonchev–Trinajstić information content (AvgIpc) is 3.24. The smallest absolute Gasteiger partial charge is 0.194 e. The van der Waals surface area contributed by atoms with Crippen molar-refractivity contribution in [3.63, 3.8) is 0 Å². The van der Waals surface area contributed by atoms with Crippen molar-refractivity contribution in [2.45, 2.75) is 26.9 Å². The zero-order valence-electron chi connectivity index (χ0n) is 17.6. The van der Waals surface area contributed by atoms with Gasteiger partial charge in [-0.15, -0.1) is 34.2 Å². The molecule has 29 heavy (non-hydrogen) atoms. The first-order valence-electron chi connectivity index (χ1n) is 9.58. The van der Waals surface area contributed by atoms with Crippen molar-refractivity contribution in [3.05, 3.63) is 29.2 Å². The summed E-state index contributed by atoms with van der Waals surface area (Å²) in [6.07, 6.45) is 0. The van der Waals surface area contributed by atoms with E-state index in [4.69, 9.17) is 14.3 Å². The Morgan fingerprint density at radius 1 is 1.24 bits per heavy atom. The molecular formula is C18H31IN8O2. The molecule has 0 atom stereocenters. The molecule has 0 aliphatic carbocycles. The van der Waals surface area contributed by atoms with Crippen molar-refractivity contribution < 1.29 is 9.26 Å². The van der Waals surface area contributed by atoms with Crippen LogP contribution in [0.15, 0.2) is 15.6 Å². The Bertz CT molecular complexity index is 783. The third-order valence-electron chi connectivity index (χ3n) is 4.88. The molecule has 1 aliphatic heterocycles. The van der Waals surface area contributed by atoms with Crippen LogP contribution in [-0.4, -0.2) is 82.1 Å². The number of nitrogens with one attached hydrogen (secondary N) is 1. The molecule has 162 valence electrons. The summed E-state index contributed by atoms with van der Waals surface area (Å²) in [7, 11) is 3.66. The number of aromatic nitrogens is 4. The lowest BCUT2D eigenvalue weighted by molar-refractivity contribution is 0.166. The Morgan fingerprint density at radius 2 is 2.00 bits per heavy atom. The normalized spacial score (nSPS) is 15.4. The Balaban J connectivity index is 0.00000300. The molecular weight excluding hydrogens is 487 g/mol. The monoisotopic (exact) mass is 518 g/mol. The number of piperazine rings is 1. The van der Waals surface area contributed by atoms with Crippen molar-refractivity contribution in [1.82, 2.24) is 35.0 Å². The predicted octanol–water partition coefficient (Wildman–Crippen LogP) is 0.948. The number of nitrogens with zero attached hydrogens (tertiary/aromatic N) is 7. The molecule has 0 radical (unpaired) electrons. The number of halogens is 1. The van der Waals surface area contributed by atoms with Crippen molar-refractivity contribution in [3.8, 4) is 0 Å². The van der Waals surface area contributed by atoms with Gasteiger partial charge in [-0.25, -0.2) is 4.99 Å². The minimum Gasteiger partial charge on any atom is -0.383 e. The first kappa shape index (κ1) is 23.5. The summed E-state index contributed by atoms with van der Waals surface area (Å²) in [5.41, 5.74) is 0.982. The van der Waals surface area contributed by atoms with E-state index in [0.29, 0.717) is 19.7 Å². The Labute approximate surface area is 188 Å². The SMILES string of the molecule is COCCNC(=NCc1nnc(C)n1C)N1CCN(Cc2cc(C)on2)CC1.I. The fraction of sp³-hybridized carbons (Fsp3) is 0.667. The third kappa shape index (κ3) is 6.64. The molecule has 1 N–H and O–H groups in total. The molecule has 11 heteroatoms. The number of hydrogen-bond acceptors (Lipinski definition) is 7. The Hall–Kier alpha value is -1.73. The number of aliphatic imine (C=N–C) groups is 1. The zero-order chi connectivity index (χ0) is 19.9. The summed E-state index contributed by atoms with van der Waals surface area (Å²) < 4.78 is 12.3. The van der Waals surface area contributed by atoms with Crippen LogP contribution in [0.2, 0.25) is 0 Å². The van der Waals surface area contributed by atoms with Gasteiger partial charge in [-0.05, 0) is 13.8 Å². The fourth-order valence-corrected chi connectivity index (χ4v) is 3.11. The van der Waals surface area contributed by atoms with Gasteiger partial charge in [-0.3, -0.25) is 4.90 Å². The maximum absolute atomic E-state index is 5.16. The lowest BCUT2D eigenvalue weighted by Gasteiger charge is -2.36. The minimum absolute atomic E-state index is 0. The Kier molecular flexibility index (Phi) is 9.30. The van der Waals surface area contributed by atoms with Gasteiger partial charge < -0.3 is 24.0 Å². The number of hydrogen-bond donors (Lipinski definition) is 1. The molecule has 2 aromatic heterocycles. The van der Waals surface area contributed by atoms with Gasteiger partial charge in [0, 0.05) is 59.5 Å². The summed E-state index contributed by atoms with van der Waals surface area (Å²) in [6.45, 7) is 10.2. The Morgan fingerprint density at radius 3 is 2.59 bits per heavy atom. The van der Waals surface area contributed by atoms with Gasteiger partial charge in [-0.2, -0.15) is 0 Å². The standard InChI is InChI=1S/C18H30N8O2.HI/c1-14-11-16(23-28-14)13-25-6-8-26(9-7-25)18(19-5-10-27-4)20-12-17-22-21-15(2)24(17)3;/h11H,5-10,12-13H2,1-4H3,(H,19,20);1H. The van der Waals surface area contributed by atoms with Gasteiger partial charge in [0.2, 0.25) is 0 Å². The molecule has 2 aromatic rings. The number of methoxy groups -OCH3 is 1. The van der Waals surface area contributed by atoms with Crippen LogP contribution < -0.4 is 5.32 Å². The summed E-state index contributed by atoms with van der Waals surface area (Å²) in [6, 6.07) is 1.99. The minimum atomic E-state index is 0. The summed E-state index contributed by atoms with van der Waals surface area (Å²) >= 11 is 0. The quantitative estimate of drug-likeness (QED) is 0.251. The van der Waals surface area contributed by atoms with Gasteiger partial charge in [0.1, 0.15) is 18.1 Å². The molecule has 0 aromatic carbocycles. The van der Waals surface area contributed by atoms with Crippen molar-refractivity contribution >= 4 is 29.9 Å². The largest absolute Gasteiger partial charge is 0.383 e. The van der Waals surface area contributed by atoms with Crippen LogP contribution in [0.3, 0.4) is 0 Å². The van der Waals surface area contributed by atoms with Crippen LogP contribution in [0.25, 0.3) is 0 Å². The second-order valence-corrected chi connectivity index (χ2v) is 6.97. The molecule has 0 bridgehead atoms. The van der Waals surface area contributed by atoms with E-state index < -0.39 is 0 Å². The van der Waals surface area contributed by atoms with E-state index >= 15 is 0 Å². The maximum Gasteiger partial charge on any atom is 0.194 e. The average molecular weight is 518 g/mol. The summed E-state index contributed by atoms with van der Waals surface area (Å²) in [5.74, 6) is 3.47. The third-order valence-corrected chi connectivity index (χ3v) is 4.88. The maximum atomic E-state index is 5.16. The molecule has 3 heterocycles. The first-order chi connectivity index (χ1) is 13.6. The van der Waals surface area contributed by atoms with Crippen LogP contribution in [0.5, 0.6) is 0 Å². The molecule has 3 rings (SSSR count). The lowest BCUT2D eigenvalue weighted by atomic mass is 10.3. The molecule has 1 fully saturated rings. The molecule has 0 unspecified atom stereocenters. The molecule has 10 nitrogen and oxygen atoms in total. The van der Waals surface area contributed by atoms with Crippen LogP contribution in [0.4, 0.5) is 0 Å². The van der Waals surface area contributed by atoms with E-state index in [9.17, 15) is 0 Å². The van der Waals surface area contributed by atoms with Gasteiger partial charge in [-0.1, -0.05) is 5.16 Å². The van der Waals surface area contributed by atoms with Crippen molar-refractivity contribution in [1.29, 1.82) is 0 Å². The molecule has 0 spiro atoms. The highest BCUT2D eigenvalue weighted by atomic mass is 127. The van der Waals surface area contributed by atoms with E-state index in [2.05, 4.69) is 30.5 Å². The molecule has 0 amide bonds. The summed E-state index contributed by atoms with van der Waals surface area (Å²) in [5, 5.41) is 15.8. The van der Waals surface area contributed by atoms with E-state index in [1.165, 1.54) is 0 Å². The predicted molar refractivity (Wildman–Crippen MR) is 120 cm³/mol. The number of guanidine groups is 1. The van der Waals surface area contributed by atoms with Gasteiger partial charge in [0.05, 0.1) is 12.3 Å². The van der Waals surface area contributed by atoms with Crippen LogP contribution in [-0.2, 0) is 24.9 Å². The topological polar surface area (TPSA) is 96.8 Å². The van der Waals surface area contributed by atoms with Gasteiger partial charge >= 0.3 is 0 Å².